The molecule has 3 rings (SSSR count). The first-order chi connectivity index (χ1) is 13.5. The summed E-state index contributed by atoms with van der Waals surface area (Å²) in [5.74, 6) is -0.228. The summed E-state index contributed by atoms with van der Waals surface area (Å²) < 4.78 is 0. The lowest BCUT2D eigenvalue weighted by Crippen LogP contribution is -2.50. The van der Waals surface area contributed by atoms with E-state index in [1.165, 1.54) is 6.07 Å². The third kappa shape index (κ3) is 4.11. The maximum Gasteiger partial charge on any atom is 0.257 e. The van der Waals surface area contributed by atoms with Crippen molar-refractivity contribution in [1.82, 2.24) is 9.80 Å². The van der Waals surface area contributed by atoms with Gasteiger partial charge in [0.15, 0.2) is 0 Å². The maximum atomic E-state index is 12.8. The van der Waals surface area contributed by atoms with Crippen LogP contribution in [0.4, 0.5) is 5.69 Å². The van der Waals surface area contributed by atoms with Crippen LogP contribution in [0, 0.1) is 0 Å². The molecule has 2 amide bonds. The third-order valence-electron chi connectivity index (χ3n) is 5.23. The molecule has 6 nitrogen and oxygen atoms in total. The average molecular weight is 381 g/mol. The summed E-state index contributed by atoms with van der Waals surface area (Å²) in [5, 5.41) is 9.88. The molecule has 1 fully saturated rings. The van der Waals surface area contributed by atoms with Gasteiger partial charge in [0.2, 0.25) is 0 Å². The second-order valence-corrected chi connectivity index (χ2v) is 6.82. The topological polar surface area (TPSA) is 64.1 Å². The number of benzene rings is 2. The van der Waals surface area contributed by atoms with Gasteiger partial charge in [0, 0.05) is 50.5 Å². The molecule has 0 spiro atoms. The van der Waals surface area contributed by atoms with Crippen molar-refractivity contribution in [2.24, 2.45) is 0 Å². The van der Waals surface area contributed by atoms with Gasteiger partial charge < -0.3 is 19.8 Å². The van der Waals surface area contributed by atoms with E-state index in [4.69, 9.17) is 0 Å². The third-order valence-corrected chi connectivity index (χ3v) is 5.23. The Morgan fingerprint density at radius 1 is 0.857 bits per heavy atom. The molecule has 0 aliphatic carbocycles. The van der Waals surface area contributed by atoms with Gasteiger partial charge in [0.25, 0.3) is 11.8 Å². The molecule has 28 heavy (non-hydrogen) atoms. The standard InChI is InChI=1S/C22H27N3O3/c1-3-23(4-2)18-11-9-17(10-12-18)21(27)24-13-15-25(16-14-24)22(28)19-7-5-6-8-20(19)26/h5-12,26H,3-4,13-16H2,1-2H3. The number of carbonyl (C=O) groups is 2. The van der Waals surface area contributed by atoms with Crippen molar-refractivity contribution in [3.05, 3.63) is 59.7 Å². The summed E-state index contributed by atoms with van der Waals surface area (Å²) in [4.78, 5) is 31.1. The molecule has 0 aromatic heterocycles. The van der Waals surface area contributed by atoms with Crippen molar-refractivity contribution >= 4 is 17.5 Å². The van der Waals surface area contributed by atoms with Gasteiger partial charge in [-0.2, -0.15) is 0 Å². The van der Waals surface area contributed by atoms with Gasteiger partial charge in [-0.3, -0.25) is 9.59 Å². The minimum absolute atomic E-state index is 0.0132. The van der Waals surface area contributed by atoms with Crippen molar-refractivity contribution < 1.29 is 14.7 Å². The Labute approximate surface area is 166 Å². The number of piperazine rings is 1. The van der Waals surface area contributed by atoms with Gasteiger partial charge in [0.05, 0.1) is 5.56 Å². The van der Waals surface area contributed by atoms with E-state index < -0.39 is 0 Å². The monoisotopic (exact) mass is 381 g/mol. The smallest absolute Gasteiger partial charge is 0.257 e. The van der Waals surface area contributed by atoms with Crippen molar-refractivity contribution in [2.45, 2.75) is 13.8 Å². The highest BCUT2D eigenvalue weighted by atomic mass is 16.3. The molecule has 1 aliphatic rings. The number of anilines is 1. The number of phenols is 1. The Balaban J connectivity index is 1.61. The van der Waals surface area contributed by atoms with Crippen LogP contribution < -0.4 is 4.90 Å². The molecule has 0 radical (unpaired) electrons. The van der Waals surface area contributed by atoms with Crippen LogP contribution in [-0.2, 0) is 0 Å². The van der Waals surface area contributed by atoms with Crippen LogP contribution in [0.25, 0.3) is 0 Å². The molecule has 6 heteroatoms. The van der Waals surface area contributed by atoms with Gasteiger partial charge >= 0.3 is 0 Å². The summed E-state index contributed by atoms with van der Waals surface area (Å²) in [6, 6.07) is 14.3. The number of carbonyl (C=O) groups excluding carboxylic acids is 2. The van der Waals surface area contributed by atoms with E-state index in [0.717, 1.165) is 18.8 Å². The zero-order valence-electron chi connectivity index (χ0n) is 16.5. The highest BCUT2D eigenvalue weighted by Crippen LogP contribution is 2.20. The Morgan fingerprint density at radius 2 is 1.39 bits per heavy atom. The molecule has 1 saturated heterocycles. The predicted molar refractivity (Wildman–Crippen MR) is 110 cm³/mol. The number of rotatable bonds is 5. The molecule has 0 saturated carbocycles. The number of hydrogen-bond acceptors (Lipinski definition) is 4. The molecular weight excluding hydrogens is 354 g/mol. The van der Waals surface area contributed by atoms with Crippen molar-refractivity contribution in [3.8, 4) is 5.75 Å². The molecule has 1 aliphatic heterocycles. The van der Waals surface area contributed by atoms with Gasteiger partial charge in [-0.25, -0.2) is 0 Å². The summed E-state index contributed by atoms with van der Waals surface area (Å²) in [7, 11) is 0. The minimum atomic E-state index is -0.200. The number of amides is 2. The van der Waals surface area contributed by atoms with Gasteiger partial charge in [-0.15, -0.1) is 0 Å². The van der Waals surface area contributed by atoms with Gasteiger partial charge in [-0.1, -0.05) is 12.1 Å². The van der Waals surface area contributed by atoms with Crippen LogP contribution in [0.2, 0.25) is 0 Å². The Morgan fingerprint density at radius 3 is 1.93 bits per heavy atom. The van der Waals surface area contributed by atoms with E-state index >= 15 is 0 Å². The number of nitrogens with zero attached hydrogens (tertiary/aromatic N) is 3. The second-order valence-electron chi connectivity index (χ2n) is 6.82. The van der Waals surface area contributed by atoms with Crippen LogP contribution in [0.3, 0.4) is 0 Å². The zero-order valence-corrected chi connectivity index (χ0v) is 16.5. The SMILES string of the molecule is CCN(CC)c1ccc(C(=O)N2CCN(C(=O)c3ccccc3O)CC2)cc1. The molecule has 1 heterocycles. The fraction of sp³-hybridized carbons (Fsp3) is 0.364. The second kappa shape index (κ2) is 8.78. The number of aromatic hydroxyl groups is 1. The molecule has 2 aromatic carbocycles. The average Bonchev–Trinajstić information content (AvgIpc) is 2.74. The van der Waals surface area contributed by atoms with Gasteiger partial charge in [0.1, 0.15) is 5.75 Å². The van der Waals surface area contributed by atoms with Crippen LogP contribution in [0.15, 0.2) is 48.5 Å². The predicted octanol–water partition coefficient (Wildman–Crippen LogP) is 2.84. The van der Waals surface area contributed by atoms with E-state index in [1.54, 1.807) is 28.0 Å². The first-order valence-corrected chi connectivity index (χ1v) is 9.76. The molecule has 1 N–H and O–H groups in total. The normalized spacial score (nSPS) is 14.1. The van der Waals surface area contributed by atoms with Crippen LogP contribution in [-0.4, -0.2) is 66.0 Å². The first kappa shape index (κ1) is 19.7. The van der Waals surface area contributed by atoms with Crippen LogP contribution in [0.5, 0.6) is 5.75 Å². The van der Waals surface area contributed by atoms with E-state index in [0.29, 0.717) is 37.3 Å². The largest absolute Gasteiger partial charge is 0.507 e. The highest BCUT2D eigenvalue weighted by Gasteiger charge is 2.26. The van der Waals surface area contributed by atoms with Crippen molar-refractivity contribution in [1.29, 1.82) is 0 Å². The molecule has 2 aromatic rings. The summed E-state index contributed by atoms with van der Waals surface area (Å²) in [6.07, 6.45) is 0. The molecule has 0 bridgehead atoms. The highest BCUT2D eigenvalue weighted by molar-refractivity contribution is 5.97. The summed E-state index contributed by atoms with van der Waals surface area (Å²) in [5.41, 5.74) is 2.07. The number of para-hydroxylation sites is 1. The molecule has 148 valence electrons. The fourth-order valence-electron chi connectivity index (χ4n) is 3.52. The molecule has 0 unspecified atom stereocenters. The number of hydrogen-bond donors (Lipinski definition) is 1. The minimum Gasteiger partial charge on any atom is -0.507 e. The Hall–Kier alpha value is -3.02. The van der Waals surface area contributed by atoms with Crippen LogP contribution >= 0.6 is 0 Å². The van der Waals surface area contributed by atoms with E-state index in [9.17, 15) is 14.7 Å². The lowest BCUT2D eigenvalue weighted by atomic mass is 10.1. The zero-order chi connectivity index (χ0) is 20.1. The Kier molecular flexibility index (Phi) is 6.19. The lowest BCUT2D eigenvalue weighted by molar-refractivity contribution is 0.0533. The van der Waals surface area contributed by atoms with E-state index in [2.05, 4.69) is 18.7 Å². The molecular formula is C22H27N3O3. The maximum absolute atomic E-state index is 12.8. The van der Waals surface area contributed by atoms with Gasteiger partial charge in [-0.05, 0) is 50.2 Å². The lowest BCUT2D eigenvalue weighted by Gasteiger charge is -2.35. The Bertz CT molecular complexity index is 823. The van der Waals surface area contributed by atoms with Crippen molar-refractivity contribution in [2.75, 3.05) is 44.2 Å². The van der Waals surface area contributed by atoms with Crippen molar-refractivity contribution in [3.63, 3.8) is 0 Å². The van der Waals surface area contributed by atoms with E-state index in [1.807, 2.05) is 24.3 Å². The molecule has 0 atom stereocenters. The summed E-state index contributed by atoms with van der Waals surface area (Å²) in [6.45, 7) is 7.95. The quantitative estimate of drug-likeness (QED) is 0.865. The summed E-state index contributed by atoms with van der Waals surface area (Å²) >= 11 is 0. The number of phenolic OH excluding ortho intramolecular Hbond substituents is 1. The fourth-order valence-corrected chi connectivity index (χ4v) is 3.52. The first-order valence-electron chi connectivity index (χ1n) is 9.76. The van der Waals surface area contributed by atoms with E-state index in [-0.39, 0.29) is 17.6 Å². The van der Waals surface area contributed by atoms with Crippen LogP contribution in [0.1, 0.15) is 34.6 Å².